The van der Waals surface area contributed by atoms with Gasteiger partial charge in [0.05, 0.1) is 11.8 Å². The van der Waals surface area contributed by atoms with Crippen molar-refractivity contribution in [3.8, 4) is 11.8 Å². The van der Waals surface area contributed by atoms with Gasteiger partial charge in [-0.1, -0.05) is 17.9 Å². The fourth-order valence-electron chi connectivity index (χ4n) is 3.31. The lowest BCUT2D eigenvalue weighted by Gasteiger charge is -2.23. The number of rotatable bonds is 12. The maximum atomic E-state index is 13.5. The first kappa shape index (κ1) is 29.5. The SMILES string of the molecule is C[C@@H](C(=O)NCCCC#Cc1cnc(Nc2ccc(F)c(F)c2)nc1NC1CC1)N(C)C(=O)C=CCN(C)C. The summed E-state index contributed by atoms with van der Waals surface area (Å²) >= 11 is 0. The summed E-state index contributed by atoms with van der Waals surface area (Å²) in [6, 6.07) is 3.20. The van der Waals surface area contributed by atoms with Crippen LogP contribution in [0.25, 0.3) is 0 Å². The number of carbonyl (C=O) groups is 2. The number of nitrogens with one attached hydrogen (secondary N) is 3. The minimum absolute atomic E-state index is 0.228. The zero-order valence-electron chi connectivity index (χ0n) is 22.7. The highest BCUT2D eigenvalue weighted by Gasteiger charge is 2.23. The van der Waals surface area contributed by atoms with Gasteiger partial charge in [-0.2, -0.15) is 4.98 Å². The van der Waals surface area contributed by atoms with Crippen molar-refractivity contribution in [1.29, 1.82) is 0 Å². The van der Waals surface area contributed by atoms with Gasteiger partial charge in [-0.05, 0) is 52.4 Å². The quantitative estimate of drug-likeness (QED) is 0.216. The van der Waals surface area contributed by atoms with Crippen molar-refractivity contribution < 1.29 is 18.4 Å². The van der Waals surface area contributed by atoms with E-state index in [1.54, 1.807) is 26.2 Å². The summed E-state index contributed by atoms with van der Waals surface area (Å²) in [6.45, 7) is 2.76. The van der Waals surface area contributed by atoms with Gasteiger partial charge in [-0.15, -0.1) is 0 Å². The summed E-state index contributed by atoms with van der Waals surface area (Å²) in [5.41, 5.74) is 0.954. The van der Waals surface area contributed by atoms with E-state index in [-0.39, 0.29) is 17.8 Å². The highest BCUT2D eigenvalue weighted by Crippen LogP contribution is 2.26. The number of nitrogens with zero attached hydrogens (tertiary/aromatic N) is 4. The third-order valence-electron chi connectivity index (χ3n) is 5.92. The normalized spacial score (nSPS) is 13.5. The lowest BCUT2D eigenvalue weighted by molar-refractivity contribution is -0.135. The number of hydrogen-bond donors (Lipinski definition) is 3. The van der Waals surface area contributed by atoms with Crippen LogP contribution in [0.4, 0.5) is 26.2 Å². The predicted molar refractivity (Wildman–Crippen MR) is 147 cm³/mol. The second kappa shape index (κ2) is 14.2. The Hall–Kier alpha value is -4.04. The number of anilines is 3. The standard InChI is InChI=1S/C28H35F2N7O2/c1-19(37(4)25(38)10-8-16-36(2)3)27(39)31-15-7-5-6-9-20-18-32-28(35-26(20)33-21-11-12-21)34-22-13-14-23(29)24(30)17-22/h8,10,13-14,17-19,21H,5,7,11-12,15-16H2,1-4H3,(H,31,39)(H2,32,33,34,35)/t19-/m0/s1. The van der Waals surface area contributed by atoms with Crippen LogP contribution in [0.5, 0.6) is 0 Å². The van der Waals surface area contributed by atoms with Gasteiger partial charge in [0.25, 0.3) is 0 Å². The minimum Gasteiger partial charge on any atom is -0.366 e. The lowest BCUT2D eigenvalue weighted by Crippen LogP contribution is -2.45. The number of halogens is 2. The molecule has 1 aromatic carbocycles. The van der Waals surface area contributed by atoms with Crippen LogP contribution in [0.3, 0.4) is 0 Å². The zero-order chi connectivity index (χ0) is 28.4. The van der Waals surface area contributed by atoms with Crippen LogP contribution in [0.15, 0.2) is 36.5 Å². The molecule has 1 aliphatic rings. The van der Waals surface area contributed by atoms with Crippen LogP contribution < -0.4 is 16.0 Å². The fraction of sp³-hybridized carbons (Fsp3) is 0.429. The van der Waals surface area contributed by atoms with Crippen LogP contribution in [0, 0.1) is 23.5 Å². The summed E-state index contributed by atoms with van der Waals surface area (Å²) in [5.74, 6) is 4.62. The van der Waals surface area contributed by atoms with E-state index in [1.165, 1.54) is 17.0 Å². The first-order valence-electron chi connectivity index (χ1n) is 12.8. The molecule has 0 radical (unpaired) electrons. The van der Waals surface area contributed by atoms with Crippen LogP contribution in [0.2, 0.25) is 0 Å². The van der Waals surface area contributed by atoms with Gasteiger partial charge in [0, 0.05) is 50.4 Å². The first-order valence-corrected chi connectivity index (χ1v) is 12.8. The number of benzene rings is 1. The molecule has 0 aliphatic heterocycles. The number of aromatic nitrogens is 2. The number of hydrogen-bond acceptors (Lipinski definition) is 7. The molecule has 11 heteroatoms. The Labute approximate surface area is 228 Å². The van der Waals surface area contributed by atoms with Crippen molar-refractivity contribution in [2.24, 2.45) is 0 Å². The first-order chi connectivity index (χ1) is 18.6. The van der Waals surface area contributed by atoms with Crippen LogP contribution >= 0.6 is 0 Å². The fourth-order valence-corrected chi connectivity index (χ4v) is 3.31. The Morgan fingerprint density at radius 1 is 1.21 bits per heavy atom. The van der Waals surface area contributed by atoms with Crippen molar-refractivity contribution in [3.05, 3.63) is 53.7 Å². The molecule has 208 valence electrons. The summed E-state index contributed by atoms with van der Waals surface area (Å²) in [6.07, 6.45) is 8.05. The summed E-state index contributed by atoms with van der Waals surface area (Å²) in [4.78, 5) is 36.7. The molecule has 0 spiro atoms. The topological polar surface area (TPSA) is 102 Å². The number of likely N-dealkylation sites (N-methyl/N-ethyl adjacent to an activating group) is 2. The number of carbonyl (C=O) groups excluding carboxylic acids is 2. The van der Waals surface area contributed by atoms with Gasteiger partial charge in [-0.25, -0.2) is 13.8 Å². The smallest absolute Gasteiger partial charge is 0.246 e. The third-order valence-corrected chi connectivity index (χ3v) is 5.92. The summed E-state index contributed by atoms with van der Waals surface area (Å²) < 4.78 is 26.7. The Morgan fingerprint density at radius 2 is 1.97 bits per heavy atom. The summed E-state index contributed by atoms with van der Waals surface area (Å²) in [7, 11) is 5.42. The van der Waals surface area contributed by atoms with E-state index in [1.807, 2.05) is 19.0 Å². The average Bonchev–Trinajstić information content (AvgIpc) is 3.72. The minimum atomic E-state index is -0.960. The number of amides is 2. The molecule has 1 heterocycles. The summed E-state index contributed by atoms with van der Waals surface area (Å²) in [5, 5.41) is 9.05. The van der Waals surface area contributed by atoms with Crippen molar-refractivity contribution in [3.63, 3.8) is 0 Å². The van der Waals surface area contributed by atoms with Gasteiger partial charge >= 0.3 is 0 Å². The Morgan fingerprint density at radius 3 is 2.67 bits per heavy atom. The molecular formula is C28H35F2N7O2. The maximum Gasteiger partial charge on any atom is 0.246 e. The highest BCUT2D eigenvalue weighted by molar-refractivity contribution is 5.92. The molecule has 1 aliphatic carbocycles. The third kappa shape index (κ3) is 9.65. The largest absolute Gasteiger partial charge is 0.366 e. The van der Waals surface area contributed by atoms with E-state index < -0.39 is 17.7 Å². The van der Waals surface area contributed by atoms with Gasteiger partial charge < -0.3 is 25.8 Å². The molecule has 0 bridgehead atoms. The van der Waals surface area contributed by atoms with E-state index in [0.29, 0.717) is 49.0 Å². The molecule has 1 fully saturated rings. The predicted octanol–water partition coefficient (Wildman–Crippen LogP) is 3.29. The maximum absolute atomic E-state index is 13.5. The van der Waals surface area contributed by atoms with Crippen molar-refractivity contribution in [2.75, 3.05) is 44.9 Å². The molecule has 1 atom stereocenters. The molecule has 0 unspecified atom stereocenters. The number of unbranched alkanes of at least 4 members (excludes halogenated alkanes) is 1. The second-order valence-corrected chi connectivity index (χ2v) is 9.61. The molecule has 9 nitrogen and oxygen atoms in total. The van der Waals surface area contributed by atoms with Crippen LogP contribution in [0.1, 0.15) is 38.2 Å². The van der Waals surface area contributed by atoms with Crippen molar-refractivity contribution in [1.82, 2.24) is 25.1 Å². The van der Waals surface area contributed by atoms with Gasteiger partial charge in [0.15, 0.2) is 11.6 Å². The van der Waals surface area contributed by atoms with E-state index >= 15 is 0 Å². The molecule has 39 heavy (non-hydrogen) atoms. The Bertz CT molecular complexity index is 1250. The van der Waals surface area contributed by atoms with Gasteiger partial charge in [0.2, 0.25) is 17.8 Å². The van der Waals surface area contributed by atoms with Crippen LogP contribution in [-0.2, 0) is 9.59 Å². The zero-order valence-corrected chi connectivity index (χ0v) is 22.7. The molecule has 2 aromatic rings. The van der Waals surface area contributed by atoms with Gasteiger partial charge in [-0.3, -0.25) is 9.59 Å². The van der Waals surface area contributed by atoms with Crippen molar-refractivity contribution in [2.45, 2.75) is 44.7 Å². The molecular weight excluding hydrogens is 504 g/mol. The van der Waals surface area contributed by atoms with E-state index in [0.717, 1.165) is 25.0 Å². The Kier molecular flexibility index (Phi) is 10.8. The molecule has 3 N–H and O–H groups in total. The molecule has 3 rings (SSSR count). The monoisotopic (exact) mass is 539 g/mol. The molecule has 0 saturated heterocycles. The lowest BCUT2D eigenvalue weighted by atomic mass is 10.2. The van der Waals surface area contributed by atoms with E-state index in [2.05, 4.69) is 37.8 Å². The van der Waals surface area contributed by atoms with Crippen molar-refractivity contribution >= 4 is 29.3 Å². The molecule has 1 saturated carbocycles. The van der Waals surface area contributed by atoms with E-state index in [9.17, 15) is 18.4 Å². The highest BCUT2D eigenvalue weighted by atomic mass is 19.2. The van der Waals surface area contributed by atoms with E-state index in [4.69, 9.17) is 0 Å². The van der Waals surface area contributed by atoms with Crippen LogP contribution in [-0.4, -0.2) is 77.9 Å². The van der Waals surface area contributed by atoms with Gasteiger partial charge in [0.1, 0.15) is 11.9 Å². The Balaban J connectivity index is 1.49. The molecule has 2 amide bonds. The molecule has 1 aromatic heterocycles. The second-order valence-electron chi connectivity index (χ2n) is 9.61. The average molecular weight is 540 g/mol.